The molecular weight excluding hydrogens is 285 g/mol. The van der Waals surface area contributed by atoms with E-state index in [1.807, 2.05) is 30.3 Å². The Labute approximate surface area is 131 Å². The van der Waals surface area contributed by atoms with Crippen LogP contribution in [0.1, 0.15) is 49.0 Å². The van der Waals surface area contributed by atoms with Gasteiger partial charge in [0.15, 0.2) is 0 Å². The first kappa shape index (κ1) is 16.0. The van der Waals surface area contributed by atoms with Crippen molar-refractivity contribution in [3.8, 4) is 0 Å². The Bertz CT molecular complexity index is 612. The van der Waals surface area contributed by atoms with Gasteiger partial charge in [-0.25, -0.2) is 4.39 Å². The van der Waals surface area contributed by atoms with E-state index in [9.17, 15) is 4.39 Å². The lowest BCUT2D eigenvalue weighted by molar-refractivity contribution is 0.454. The Morgan fingerprint density at radius 3 is 2.52 bits per heavy atom. The minimum Gasteiger partial charge on any atom is -0.303 e. The van der Waals surface area contributed by atoms with Gasteiger partial charge in [0.25, 0.3) is 0 Å². The van der Waals surface area contributed by atoms with E-state index in [1.165, 1.54) is 0 Å². The van der Waals surface area contributed by atoms with Gasteiger partial charge in [-0.2, -0.15) is 0 Å². The van der Waals surface area contributed by atoms with Gasteiger partial charge < -0.3 is 5.32 Å². The molecule has 2 aromatic carbocycles. The molecule has 0 aliphatic rings. The van der Waals surface area contributed by atoms with Crippen molar-refractivity contribution < 1.29 is 4.39 Å². The summed E-state index contributed by atoms with van der Waals surface area (Å²) in [6.45, 7) is 5.95. The maximum Gasteiger partial charge on any atom is 0.126 e. The highest BCUT2D eigenvalue weighted by Gasteiger charge is 2.15. The molecule has 0 bridgehead atoms. The summed E-state index contributed by atoms with van der Waals surface area (Å²) in [5.41, 5.74) is 2.79. The summed E-state index contributed by atoms with van der Waals surface area (Å²) in [7, 11) is 0. The average Bonchev–Trinajstić information content (AvgIpc) is 2.47. The van der Waals surface area contributed by atoms with Gasteiger partial charge in [-0.05, 0) is 55.2 Å². The highest BCUT2D eigenvalue weighted by molar-refractivity contribution is 6.30. The van der Waals surface area contributed by atoms with Gasteiger partial charge >= 0.3 is 0 Å². The van der Waals surface area contributed by atoms with Gasteiger partial charge in [-0.15, -0.1) is 0 Å². The Morgan fingerprint density at radius 2 is 1.90 bits per heavy atom. The van der Waals surface area contributed by atoms with Crippen LogP contribution in [0, 0.1) is 12.7 Å². The van der Waals surface area contributed by atoms with Crippen LogP contribution in [0.2, 0.25) is 5.02 Å². The Hall–Kier alpha value is -1.38. The summed E-state index contributed by atoms with van der Waals surface area (Å²) < 4.78 is 13.7. The predicted octanol–water partition coefficient (Wildman–Crippen LogP) is 5.59. The monoisotopic (exact) mass is 305 g/mol. The molecule has 1 nitrogen and oxygen atoms in total. The highest BCUT2D eigenvalue weighted by atomic mass is 35.5. The predicted molar refractivity (Wildman–Crippen MR) is 87.2 cm³/mol. The zero-order chi connectivity index (χ0) is 15.4. The number of rotatable bonds is 5. The average molecular weight is 306 g/mol. The van der Waals surface area contributed by atoms with Gasteiger partial charge in [-0.1, -0.05) is 42.8 Å². The number of hydrogen-bond acceptors (Lipinski definition) is 1. The van der Waals surface area contributed by atoms with Crippen LogP contribution in [0.25, 0.3) is 0 Å². The molecule has 0 spiro atoms. The number of halogens is 2. The van der Waals surface area contributed by atoms with Crippen molar-refractivity contribution in [2.24, 2.45) is 0 Å². The lowest BCUT2D eigenvalue weighted by atomic mass is 10.0. The minimum atomic E-state index is -0.156. The Balaban J connectivity index is 2.16. The van der Waals surface area contributed by atoms with Crippen molar-refractivity contribution in [3.63, 3.8) is 0 Å². The van der Waals surface area contributed by atoms with E-state index in [1.54, 1.807) is 13.0 Å². The van der Waals surface area contributed by atoms with E-state index in [0.29, 0.717) is 5.56 Å². The molecule has 0 heterocycles. The summed E-state index contributed by atoms with van der Waals surface area (Å²) in [6.07, 6.45) is 0.943. The topological polar surface area (TPSA) is 12.0 Å². The molecule has 3 heteroatoms. The van der Waals surface area contributed by atoms with Crippen molar-refractivity contribution in [2.75, 3.05) is 0 Å². The molecule has 2 unspecified atom stereocenters. The Morgan fingerprint density at radius 1 is 1.14 bits per heavy atom. The highest BCUT2D eigenvalue weighted by Crippen LogP contribution is 2.25. The van der Waals surface area contributed by atoms with Crippen molar-refractivity contribution in [1.29, 1.82) is 0 Å². The second-order valence-corrected chi connectivity index (χ2v) is 5.85. The SMILES string of the molecule is CCC(NC(C)c1ccc(C)c(F)c1)c1cccc(Cl)c1. The summed E-state index contributed by atoms with van der Waals surface area (Å²) in [5.74, 6) is -0.156. The van der Waals surface area contributed by atoms with E-state index in [2.05, 4.69) is 25.2 Å². The molecule has 0 saturated heterocycles. The third-order valence-corrected chi connectivity index (χ3v) is 4.04. The van der Waals surface area contributed by atoms with Crippen LogP contribution in [-0.4, -0.2) is 0 Å². The van der Waals surface area contributed by atoms with Crippen LogP contribution in [0.4, 0.5) is 4.39 Å². The molecule has 0 radical (unpaired) electrons. The first-order valence-electron chi connectivity index (χ1n) is 7.28. The van der Waals surface area contributed by atoms with E-state index in [0.717, 1.165) is 22.6 Å². The minimum absolute atomic E-state index is 0.0732. The van der Waals surface area contributed by atoms with E-state index in [-0.39, 0.29) is 17.9 Å². The lowest BCUT2D eigenvalue weighted by Gasteiger charge is -2.23. The Kier molecular flexibility index (Phi) is 5.38. The summed E-state index contributed by atoms with van der Waals surface area (Å²) in [5, 5.41) is 4.29. The molecule has 2 atom stereocenters. The van der Waals surface area contributed by atoms with Gasteiger partial charge in [0, 0.05) is 17.1 Å². The van der Waals surface area contributed by atoms with Gasteiger partial charge in [0.1, 0.15) is 5.82 Å². The van der Waals surface area contributed by atoms with E-state index >= 15 is 0 Å². The van der Waals surface area contributed by atoms with Crippen LogP contribution in [0.3, 0.4) is 0 Å². The normalized spacial score (nSPS) is 14.0. The zero-order valence-electron chi connectivity index (χ0n) is 12.7. The second kappa shape index (κ2) is 7.06. The maximum absolute atomic E-state index is 13.7. The number of hydrogen-bond donors (Lipinski definition) is 1. The third kappa shape index (κ3) is 4.05. The maximum atomic E-state index is 13.7. The molecule has 2 aromatic rings. The van der Waals surface area contributed by atoms with Crippen LogP contribution < -0.4 is 5.32 Å². The first-order valence-corrected chi connectivity index (χ1v) is 7.66. The third-order valence-electron chi connectivity index (χ3n) is 3.81. The molecule has 0 amide bonds. The van der Waals surface area contributed by atoms with Crippen molar-refractivity contribution in [1.82, 2.24) is 5.32 Å². The summed E-state index contributed by atoms with van der Waals surface area (Å²) in [6, 6.07) is 13.5. The van der Waals surface area contributed by atoms with Gasteiger partial charge in [0.05, 0.1) is 0 Å². The van der Waals surface area contributed by atoms with Crippen LogP contribution in [0.5, 0.6) is 0 Å². The standard InChI is InChI=1S/C18H21ClFN/c1-4-18(15-6-5-7-16(19)10-15)21-13(3)14-9-8-12(2)17(20)11-14/h5-11,13,18,21H,4H2,1-3H3. The smallest absolute Gasteiger partial charge is 0.126 e. The fraction of sp³-hybridized carbons (Fsp3) is 0.333. The molecule has 0 aliphatic heterocycles. The molecule has 21 heavy (non-hydrogen) atoms. The first-order chi connectivity index (χ1) is 10.0. The fourth-order valence-electron chi connectivity index (χ4n) is 2.45. The summed E-state index contributed by atoms with van der Waals surface area (Å²) >= 11 is 6.06. The molecule has 112 valence electrons. The molecule has 0 saturated carbocycles. The lowest BCUT2D eigenvalue weighted by Crippen LogP contribution is -2.24. The molecule has 0 aliphatic carbocycles. The number of aryl methyl sites for hydroxylation is 1. The van der Waals surface area contributed by atoms with Gasteiger partial charge in [0.2, 0.25) is 0 Å². The van der Waals surface area contributed by atoms with Crippen molar-refractivity contribution in [3.05, 3.63) is 70.0 Å². The molecule has 0 fully saturated rings. The zero-order valence-corrected chi connectivity index (χ0v) is 13.4. The van der Waals surface area contributed by atoms with E-state index < -0.39 is 0 Å². The van der Waals surface area contributed by atoms with Gasteiger partial charge in [-0.3, -0.25) is 0 Å². The van der Waals surface area contributed by atoms with Crippen LogP contribution in [-0.2, 0) is 0 Å². The molecular formula is C18H21ClFN. The second-order valence-electron chi connectivity index (χ2n) is 5.41. The fourth-order valence-corrected chi connectivity index (χ4v) is 2.65. The molecule has 0 aromatic heterocycles. The number of nitrogens with one attached hydrogen (secondary N) is 1. The van der Waals surface area contributed by atoms with Crippen molar-refractivity contribution in [2.45, 2.75) is 39.3 Å². The van der Waals surface area contributed by atoms with Crippen LogP contribution >= 0.6 is 11.6 Å². The quantitative estimate of drug-likeness (QED) is 0.759. The largest absolute Gasteiger partial charge is 0.303 e. The van der Waals surface area contributed by atoms with Crippen LogP contribution in [0.15, 0.2) is 42.5 Å². The molecule has 1 N–H and O–H groups in total. The van der Waals surface area contributed by atoms with Crippen molar-refractivity contribution >= 4 is 11.6 Å². The number of benzene rings is 2. The van der Waals surface area contributed by atoms with E-state index in [4.69, 9.17) is 11.6 Å². The summed E-state index contributed by atoms with van der Waals surface area (Å²) in [4.78, 5) is 0. The molecule has 2 rings (SSSR count).